The zero-order chi connectivity index (χ0) is 16.5. The summed E-state index contributed by atoms with van der Waals surface area (Å²) in [4.78, 5) is 22.5. The quantitative estimate of drug-likeness (QED) is 0.575. The smallest absolute Gasteiger partial charge is 0.306 e. The van der Waals surface area contributed by atoms with Gasteiger partial charge in [-0.3, -0.25) is 14.0 Å². The highest BCUT2D eigenvalue weighted by Gasteiger charge is 2.23. The first-order valence-electron chi connectivity index (χ1n) is 7.31. The first-order chi connectivity index (χ1) is 10.4. The average Bonchev–Trinajstić information content (AvgIpc) is 2.48. The molecule has 0 bridgehead atoms. The summed E-state index contributed by atoms with van der Waals surface area (Å²) < 4.78 is 12.0. The molecule has 4 N–H and O–H groups in total. The Kier molecular flexibility index (Phi) is 7.52. The van der Waals surface area contributed by atoms with Crippen LogP contribution in [-0.4, -0.2) is 36.1 Å². The number of nitrogens with two attached hydrogens (primary N) is 1. The standard InChI is InChI=1S/C16H23FN2O3/c1-11(20)15(18)10-13(16(21)22)9-12-3-5-14(6-4-12)19-8-2-7-17/h3-6,13,15,19H,2,7-10,18H2,1H3,(H,21,22)/t13-,15-/m0/s1. The maximum Gasteiger partial charge on any atom is 0.306 e. The van der Waals surface area contributed by atoms with Crippen LogP contribution in [0, 0.1) is 5.92 Å². The van der Waals surface area contributed by atoms with Gasteiger partial charge >= 0.3 is 5.97 Å². The fraction of sp³-hybridized carbons (Fsp3) is 0.500. The van der Waals surface area contributed by atoms with Crippen LogP contribution in [0.25, 0.3) is 0 Å². The number of Topliss-reactive ketones (excluding diaryl/α,β-unsaturated/α-hetero) is 1. The molecule has 122 valence electrons. The van der Waals surface area contributed by atoms with Gasteiger partial charge in [-0.2, -0.15) is 0 Å². The molecule has 5 nitrogen and oxygen atoms in total. The van der Waals surface area contributed by atoms with Gasteiger partial charge in [0.2, 0.25) is 0 Å². The summed E-state index contributed by atoms with van der Waals surface area (Å²) in [6.07, 6.45) is 0.897. The highest BCUT2D eigenvalue weighted by molar-refractivity contribution is 5.82. The fourth-order valence-corrected chi connectivity index (χ4v) is 2.09. The van der Waals surface area contributed by atoms with E-state index < -0.39 is 17.9 Å². The zero-order valence-electron chi connectivity index (χ0n) is 12.7. The lowest BCUT2D eigenvalue weighted by Gasteiger charge is -2.16. The molecule has 0 amide bonds. The average molecular weight is 310 g/mol. The molecule has 0 aliphatic heterocycles. The minimum Gasteiger partial charge on any atom is -0.481 e. The molecule has 0 aliphatic carbocycles. The zero-order valence-corrected chi connectivity index (χ0v) is 12.7. The number of carboxylic acid groups (broad SMARTS) is 1. The van der Waals surface area contributed by atoms with Crippen LogP contribution < -0.4 is 11.1 Å². The van der Waals surface area contributed by atoms with E-state index >= 15 is 0 Å². The van der Waals surface area contributed by atoms with Crippen molar-refractivity contribution in [3.05, 3.63) is 29.8 Å². The van der Waals surface area contributed by atoms with Crippen LogP contribution in [0.2, 0.25) is 0 Å². The third kappa shape index (κ3) is 6.22. The van der Waals surface area contributed by atoms with Crippen molar-refractivity contribution in [1.29, 1.82) is 0 Å². The van der Waals surface area contributed by atoms with Gasteiger partial charge in [-0.15, -0.1) is 0 Å². The topological polar surface area (TPSA) is 92.4 Å². The van der Waals surface area contributed by atoms with Gasteiger partial charge in [0.15, 0.2) is 0 Å². The number of anilines is 1. The van der Waals surface area contributed by atoms with Gasteiger partial charge in [-0.05, 0) is 43.9 Å². The number of carboxylic acids is 1. The Balaban J connectivity index is 2.62. The molecule has 0 radical (unpaired) electrons. The number of halogens is 1. The molecule has 0 aliphatic rings. The van der Waals surface area contributed by atoms with Gasteiger partial charge in [-0.25, -0.2) is 0 Å². The van der Waals surface area contributed by atoms with Gasteiger partial charge in [0.1, 0.15) is 5.78 Å². The molecule has 0 saturated heterocycles. The van der Waals surface area contributed by atoms with Crippen molar-refractivity contribution in [2.75, 3.05) is 18.5 Å². The van der Waals surface area contributed by atoms with Gasteiger partial charge < -0.3 is 16.2 Å². The summed E-state index contributed by atoms with van der Waals surface area (Å²) in [5.41, 5.74) is 7.37. The largest absolute Gasteiger partial charge is 0.481 e. The Morgan fingerprint density at radius 2 is 1.95 bits per heavy atom. The first-order valence-corrected chi connectivity index (χ1v) is 7.31. The predicted octanol–water partition coefficient (Wildman–Crippen LogP) is 2.01. The van der Waals surface area contributed by atoms with Crippen molar-refractivity contribution in [3.63, 3.8) is 0 Å². The van der Waals surface area contributed by atoms with Crippen LogP contribution in [0.4, 0.5) is 10.1 Å². The fourth-order valence-electron chi connectivity index (χ4n) is 2.09. The second-order valence-corrected chi connectivity index (χ2v) is 5.36. The molecule has 0 aromatic heterocycles. The minimum atomic E-state index is -0.957. The number of carbonyl (C=O) groups excluding carboxylic acids is 1. The summed E-state index contributed by atoms with van der Waals surface area (Å²) in [6.45, 7) is 1.56. The van der Waals surface area contributed by atoms with Gasteiger partial charge in [0, 0.05) is 12.2 Å². The number of benzene rings is 1. The van der Waals surface area contributed by atoms with E-state index in [0.29, 0.717) is 19.4 Å². The van der Waals surface area contributed by atoms with Crippen LogP contribution in [-0.2, 0) is 16.0 Å². The normalized spacial score (nSPS) is 13.4. The molecule has 1 aromatic carbocycles. The molecule has 1 rings (SSSR count). The number of alkyl halides is 1. The minimum absolute atomic E-state index is 0.126. The molecular weight excluding hydrogens is 287 g/mol. The van der Waals surface area contributed by atoms with Crippen LogP contribution in [0.3, 0.4) is 0 Å². The van der Waals surface area contributed by atoms with E-state index in [0.717, 1.165) is 11.3 Å². The Morgan fingerprint density at radius 3 is 2.45 bits per heavy atom. The number of aliphatic carboxylic acids is 1. The molecule has 0 saturated carbocycles. The van der Waals surface area contributed by atoms with Crippen molar-refractivity contribution in [2.24, 2.45) is 11.7 Å². The Bertz CT molecular complexity index is 491. The number of carbonyl (C=O) groups is 2. The molecular formula is C16H23FN2O3. The van der Waals surface area contributed by atoms with Crippen LogP contribution >= 0.6 is 0 Å². The molecule has 0 spiro atoms. The first kappa shape index (κ1) is 18.1. The van der Waals surface area contributed by atoms with Crippen LogP contribution in [0.5, 0.6) is 0 Å². The number of hydrogen-bond donors (Lipinski definition) is 3. The van der Waals surface area contributed by atoms with E-state index in [1.54, 1.807) is 0 Å². The molecule has 0 heterocycles. The van der Waals surface area contributed by atoms with Gasteiger partial charge in [-0.1, -0.05) is 12.1 Å². The van der Waals surface area contributed by atoms with Gasteiger partial charge in [0.05, 0.1) is 18.6 Å². The summed E-state index contributed by atoms with van der Waals surface area (Å²) in [6, 6.07) is 6.57. The molecule has 0 unspecified atom stereocenters. The molecule has 6 heteroatoms. The molecule has 0 fully saturated rings. The molecule has 2 atom stereocenters. The second kappa shape index (κ2) is 9.15. The maximum atomic E-state index is 12.0. The third-order valence-corrected chi connectivity index (χ3v) is 3.49. The maximum absolute atomic E-state index is 12.0. The Morgan fingerprint density at radius 1 is 1.32 bits per heavy atom. The lowest BCUT2D eigenvalue weighted by molar-refractivity contribution is -0.142. The van der Waals surface area contributed by atoms with Crippen molar-refractivity contribution in [3.8, 4) is 0 Å². The predicted molar refractivity (Wildman–Crippen MR) is 83.6 cm³/mol. The summed E-state index contributed by atoms with van der Waals surface area (Å²) in [5.74, 6) is -1.86. The van der Waals surface area contributed by atoms with Crippen molar-refractivity contribution >= 4 is 17.4 Å². The van der Waals surface area contributed by atoms with Crippen molar-refractivity contribution in [2.45, 2.75) is 32.2 Å². The monoisotopic (exact) mass is 310 g/mol. The lowest BCUT2D eigenvalue weighted by Crippen LogP contribution is -2.33. The van der Waals surface area contributed by atoms with E-state index in [2.05, 4.69) is 5.32 Å². The number of hydrogen-bond acceptors (Lipinski definition) is 4. The number of rotatable bonds is 10. The highest BCUT2D eigenvalue weighted by atomic mass is 19.1. The van der Waals surface area contributed by atoms with Crippen LogP contribution in [0.15, 0.2) is 24.3 Å². The summed E-state index contributed by atoms with van der Waals surface area (Å²) in [7, 11) is 0. The molecule has 1 aromatic rings. The van der Waals surface area contributed by atoms with E-state index in [-0.39, 0.29) is 18.9 Å². The van der Waals surface area contributed by atoms with Gasteiger partial charge in [0.25, 0.3) is 0 Å². The summed E-state index contributed by atoms with van der Waals surface area (Å²) >= 11 is 0. The van der Waals surface area contributed by atoms with Crippen molar-refractivity contribution in [1.82, 2.24) is 0 Å². The molecule has 22 heavy (non-hydrogen) atoms. The SMILES string of the molecule is CC(=O)[C@@H](N)C[C@H](Cc1ccc(NCCCF)cc1)C(=O)O. The Labute approximate surface area is 129 Å². The number of ketones is 1. The van der Waals surface area contributed by atoms with E-state index in [4.69, 9.17) is 5.73 Å². The second-order valence-electron chi connectivity index (χ2n) is 5.36. The van der Waals surface area contributed by atoms with Crippen LogP contribution in [0.1, 0.15) is 25.3 Å². The van der Waals surface area contributed by atoms with E-state index in [9.17, 15) is 19.1 Å². The number of nitrogens with one attached hydrogen (secondary N) is 1. The lowest BCUT2D eigenvalue weighted by atomic mass is 9.92. The van der Waals surface area contributed by atoms with E-state index in [1.807, 2.05) is 24.3 Å². The Hall–Kier alpha value is -1.95. The highest BCUT2D eigenvalue weighted by Crippen LogP contribution is 2.17. The van der Waals surface area contributed by atoms with E-state index in [1.165, 1.54) is 6.92 Å². The van der Waals surface area contributed by atoms with Crippen molar-refractivity contribution < 1.29 is 19.1 Å². The third-order valence-electron chi connectivity index (χ3n) is 3.49. The summed E-state index contributed by atoms with van der Waals surface area (Å²) in [5, 5.41) is 12.3.